The van der Waals surface area contributed by atoms with Crippen LogP contribution in [0.5, 0.6) is 0 Å². The summed E-state index contributed by atoms with van der Waals surface area (Å²) in [4.78, 5) is 16.9. The highest BCUT2D eigenvalue weighted by atomic mass is 19.1. The van der Waals surface area contributed by atoms with E-state index in [-0.39, 0.29) is 11.7 Å². The van der Waals surface area contributed by atoms with Crippen molar-refractivity contribution in [3.8, 4) is 0 Å². The lowest BCUT2D eigenvalue weighted by atomic mass is 9.96. The lowest BCUT2D eigenvalue weighted by Crippen LogP contribution is -2.41. The summed E-state index contributed by atoms with van der Waals surface area (Å²) in [6, 6.07) is 7.03. The lowest BCUT2D eigenvalue weighted by molar-refractivity contribution is -0.131. The SMILES string of the molecule is CC1CCN([C@@H]2CCC(=O)N(Cc3ccc(F)cc3)CC2)CC1. The molecule has 0 spiro atoms. The van der Waals surface area contributed by atoms with Gasteiger partial charge in [-0.2, -0.15) is 0 Å². The van der Waals surface area contributed by atoms with Crippen LogP contribution < -0.4 is 0 Å². The highest BCUT2D eigenvalue weighted by Crippen LogP contribution is 2.24. The van der Waals surface area contributed by atoms with Crippen molar-refractivity contribution in [2.24, 2.45) is 5.92 Å². The number of carbonyl (C=O) groups is 1. The van der Waals surface area contributed by atoms with Crippen molar-refractivity contribution in [1.29, 1.82) is 0 Å². The average Bonchev–Trinajstić information content (AvgIpc) is 2.73. The second-order valence-electron chi connectivity index (χ2n) is 7.14. The number of carbonyl (C=O) groups excluding carboxylic acids is 1. The molecule has 4 heteroatoms. The van der Waals surface area contributed by atoms with Crippen LogP contribution in [0.2, 0.25) is 0 Å². The molecule has 2 saturated heterocycles. The van der Waals surface area contributed by atoms with Gasteiger partial charge in [0.05, 0.1) is 0 Å². The summed E-state index contributed by atoms with van der Waals surface area (Å²) in [6.07, 6.45) is 5.24. The normalized spacial score (nSPS) is 24.7. The molecule has 0 aromatic heterocycles. The zero-order valence-corrected chi connectivity index (χ0v) is 14.0. The smallest absolute Gasteiger partial charge is 0.222 e. The largest absolute Gasteiger partial charge is 0.338 e. The minimum Gasteiger partial charge on any atom is -0.338 e. The molecule has 2 fully saturated rings. The molecule has 1 aromatic rings. The fraction of sp³-hybridized carbons (Fsp3) is 0.632. The third-order valence-corrected chi connectivity index (χ3v) is 5.40. The van der Waals surface area contributed by atoms with Crippen molar-refractivity contribution in [2.75, 3.05) is 19.6 Å². The van der Waals surface area contributed by atoms with Crippen LogP contribution in [-0.4, -0.2) is 41.4 Å². The van der Waals surface area contributed by atoms with Gasteiger partial charge in [0.1, 0.15) is 5.82 Å². The number of benzene rings is 1. The maximum absolute atomic E-state index is 13.0. The summed E-state index contributed by atoms with van der Waals surface area (Å²) < 4.78 is 13.0. The van der Waals surface area contributed by atoms with E-state index in [2.05, 4.69) is 11.8 Å². The molecule has 1 aromatic carbocycles. The molecule has 0 unspecified atom stereocenters. The average molecular weight is 318 g/mol. The number of likely N-dealkylation sites (tertiary alicyclic amines) is 2. The lowest BCUT2D eigenvalue weighted by Gasteiger charge is -2.36. The van der Waals surface area contributed by atoms with Gasteiger partial charge in [-0.3, -0.25) is 4.79 Å². The molecule has 2 aliphatic rings. The first kappa shape index (κ1) is 16.4. The van der Waals surface area contributed by atoms with E-state index in [1.165, 1.54) is 38.1 Å². The summed E-state index contributed by atoms with van der Waals surface area (Å²) in [5, 5.41) is 0. The number of amides is 1. The molecule has 0 N–H and O–H groups in total. The van der Waals surface area contributed by atoms with Gasteiger partial charge in [-0.1, -0.05) is 19.1 Å². The number of hydrogen-bond donors (Lipinski definition) is 0. The van der Waals surface area contributed by atoms with Gasteiger partial charge in [0.25, 0.3) is 0 Å². The van der Waals surface area contributed by atoms with Crippen LogP contribution >= 0.6 is 0 Å². The second-order valence-corrected chi connectivity index (χ2v) is 7.14. The molecule has 1 atom stereocenters. The number of piperidine rings is 1. The Labute approximate surface area is 138 Å². The van der Waals surface area contributed by atoms with Crippen LogP contribution in [0.15, 0.2) is 24.3 Å². The predicted molar refractivity (Wildman–Crippen MR) is 89.4 cm³/mol. The fourth-order valence-corrected chi connectivity index (χ4v) is 3.76. The zero-order chi connectivity index (χ0) is 16.2. The molecule has 0 radical (unpaired) electrons. The predicted octanol–water partition coefficient (Wildman–Crippen LogP) is 3.44. The fourth-order valence-electron chi connectivity index (χ4n) is 3.76. The number of hydrogen-bond acceptors (Lipinski definition) is 2. The highest BCUT2D eigenvalue weighted by molar-refractivity contribution is 5.76. The quantitative estimate of drug-likeness (QED) is 0.852. The Morgan fingerprint density at radius 2 is 1.74 bits per heavy atom. The monoisotopic (exact) mass is 318 g/mol. The third kappa shape index (κ3) is 4.31. The van der Waals surface area contributed by atoms with Crippen molar-refractivity contribution in [3.63, 3.8) is 0 Å². The molecular weight excluding hydrogens is 291 g/mol. The summed E-state index contributed by atoms with van der Waals surface area (Å²) in [7, 11) is 0. The van der Waals surface area contributed by atoms with Crippen molar-refractivity contribution >= 4 is 5.91 Å². The van der Waals surface area contributed by atoms with Crippen molar-refractivity contribution in [2.45, 2.75) is 51.6 Å². The molecule has 0 saturated carbocycles. The number of nitrogens with zero attached hydrogens (tertiary/aromatic N) is 2. The van der Waals surface area contributed by atoms with E-state index >= 15 is 0 Å². The summed E-state index contributed by atoms with van der Waals surface area (Å²) in [6.45, 7) is 6.10. The standard InChI is InChI=1S/C19H27FN2O/c1-15-8-11-21(12-9-15)18-6-7-19(23)22(13-10-18)14-16-2-4-17(20)5-3-16/h2-5,15,18H,6-14H2,1H3/t18-/m1/s1. The topological polar surface area (TPSA) is 23.6 Å². The maximum atomic E-state index is 13.0. The Hall–Kier alpha value is -1.42. The summed E-state index contributed by atoms with van der Waals surface area (Å²) in [5.41, 5.74) is 1.00. The van der Waals surface area contributed by atoms with Crippen LogP contribution in [0.25, 0.3) is 0 Å². The van der Waals surface area contributed by atoms with E-state index in [4.69, 9.17) is 0 Å². The van der Waals surface area contributed by atoms with E-state index in [1.807, 2.05) is 4.90 Å². The first-order valence-corrected chi connectivity index (χ1v) is 8.88. The Balaban J connectivity index is 1.57. The molecule has 3 rings (SSSR count). The first-order chi connectivity index (χ1) is 11.1. The second kappa shape index (κ2) is 7.43. The van der Waals surface area contributed by atoms with E-state index in [0.717, 1.165) is 30.9 Å². The van der Waals surface area contributed by atoms with E-state index in [0.29, 0.717) is 19.0 Å². The molecule has 23 heavy (non-hydrogen) atoms. The molecule has 0 bridgehead atoms. The molecule has 3 nitrogen and oxygen atoms in total. The molecule has 2 aliphatic heterocycles. The number of rotatable bonds is 3. The van der Waals surface area contributed by atoms with Crippen LogP contribution in [0.3, 0.4) is 0 Å². The molecular formula is C19H27FN2O. The van der Waals surface area contributed by atoms with Crippen molar-refractivity contribution < 1.29 is 9.18 Å². The Bertz CT molecular complexity index is 523. The van der Waals surface area contributed by atoms with Crippen molar-refractivity contribution in [1.82, 2.24) is 9.80 Å². The maximum Gasteiger partial charge on any atom is 0.222 e. The molecule has 2 heterocycles. The van der Waals surface area contributed by atoms with Gasteiger partial charge >= 0.3 is 0 Å². The first-order valence-electron chi connectivity index (χ1n) is 8.88. The summed E-state index contributed by atoms with van der Waals surface area (Å²) in [5.74, 6) is 0.853. The summed E-state index contributed by atoms with van der Waals surface area (Å²) >= 11 is 0. The van der Waals surface area contributed by atoms with Crippen LogP contribution in [0.1, 0.15) is 44.6 Å². The van der Waals surface area contributed by atoms with Gasteiger partial charge in [0.2, 0.25) is 5.91 Å². The van der Waals surface area contributed by atoms with Gasteiger partial charge < -0.3 is 9.80 Å². The minimum absolute atomic E-state index is 0.227. The van der Waals surface area contributed by atoms with Gasteiger partial charge in [-0.15, -0.1) is 0 Å². The van der Waals surface area contributed by atoms with E-state index in [1.54, 1.807) is 12.1 Å². The Morgan fingerprint density at radius 1 is 1.04 bits per heavy atom. The Morgan fingerprint density at radius 3 is 2.43 bits per heavy atom. The zero-order valence-electron chi connectivity index (χ0n) is 14.0. The minimum atomic E-state index is -0.227. The van der Waals surface area contributed by atoms with Gasteiger partial charge in [-0.25, -0.2) is 4.39 Å². The van der Waals surface area contributed by atoms with Crippen molar-refractivity contribution in [3.05, 3.63) is 35.6 Å². The highest BCUT2D eigenvalue weighted by Gasteiger charge is 2.28. The van der Waals surface area contributed by atoms with Crippen LogP contribution in [0, 0.1) is 11.7 Å². The van der Waals surface area contributed by atoms with Gasteiger partial charge in [0, 0.05) is 25.6 Å². The van der Waals surface area contributed by atoms with E-state index < -0.39 is 0 Å². The molecule has 1 amide bonds. The number of halogens is 1. The molecule has 126 valence electrons. The van der Waals surface area contributed by atoms with Gasteiger partial charge in [0.15, 0.2) is 0 Å². The van der Waals surface area contributed by atoms with Crippen LogP contribution in [-0.2, 0) is 11.3 Å². The van der Waals surface area contributed by atoms with Crippen LogP contribution in [0.4, 0.5) is 4.39 Å². The third-order valence-electron chi connectivity index (χ3n) is 5.40. The van der Waals surface area contributed by atoms with Gasteiger partial charge in [-0.05, 0) is 62.4 Å². The Kier molecular flexibility index (Phi) is 5.31. The molecule has 0 aliphatic carbocycles. The van der Waals surface area contributed by atoms with E-state index in [9.17, 15) is 9.18 Å².